The van der Waals surface area contributed by atoms with Gasteiger partial charge in [0.1, 0.15) is 5.56 Å². The number of hydrogen-bond acceptors (Lipinski definition) is 6. The van der Waals surface area contributed by atoms with Gasteiger partial charge in [-0.15, -0.1) is 0 Å². The summed E-state index contributed by atoms with van der Waals surface area (Å²) < 4.78 is 45.0. The summed E-state index contributed by atoms with van der Waals surface area (Å²) in [5.41, 5.74) is -2.75. The average molecular weight is 386 g/mol. The van der Waals surface area contributed by atoms with Crippen LogP contribution in [0.4, 0.5) is 18.9 Å². The second kappa shape index (κ2) is 8.62. The van der Waals surface area contributed by atoms with E-state index in [-0.39, 0.29) is 13.2 Å². The van der Waals surface area contributed by atoms with Crippen molar-refractivity contribution in [3.05, 3.63) is 52.2 Å². The molecule has 0 aliphatic rings. The summed E-state index contributed by atoms with van der Waals surface area (Å²) in [7, 11) is 0. The fourth-order valence-corrected chi connectivity index (χ4v) is 2.23. The normalized spacial score (nSPS) is 13.8. The third-order valence-corrected chi connectivity index (χ3v) is 3.65. The lowest BCUT2D eigenvalue weighted by molar-refractivity contribution is -0.143. The lowest BCUT2D eigenvalue weighted by Gasteiger charge is -2.22. The van der Waals surface area contributed by atoms with Crippen LogP contribution >= 0.6 is 0 Å². The lowest BCUT2D eigenvalue weighted by atomic mass is 10.1. The summed E-state index contributed by atoms with van der Waals surface area (Å²) in [6.45, 7) is 1.18. The molecule has 0 aromatic carbocycles. The number of alkyl halides is 3. The molecule has 11 heteroatoms. The number of H-pyrrole nitrogens is 1. The first-order valence-electron chi connectivity index (χ1n) is 7.82. The molecule has 0 spiro atoms. The largest absolute Gasteiger partial charge is 0.481 e. The van der Waals surface area contributed by atoms with Crippen molar-refractivity contribution in [2.24, 2.45) is 5.92 Å². The van der Waals surface area contributed by atoms with Crippen LogP contribution in [0.25, 0.3) is 0 Å². The molecule has 0 amide bonds. The molecule has 0 aliphatic heterocycles. The number of aromatic amines is 1. The van der Waals surface area contributed by atoms with Crippen LogP contribution in [0.1, 0.15) is 24.1 Å². The zero-order chi connectivity index (χ0) is 20.0. The molecule has 2 atom stereocenters. The molecule has 2 heterocycles. The smallest absolute Gasteiger partial charge is 0.423 e. The Morgan fingerprint density at radius 2 is 2.00 bits per heavy atom. The molecule has 146 valence electrons. The van der Waals surface area contributed by atoms with E-state index < -0.39 is 40.9 Å². The van der Waals surface area contributed by atoms with Gasteiger partial charge in [0.25, 0.3) is 5.56 Å². The van der Waals surface area contributed by atoms with Crippen LogP contribution in [0.15, 0.2) is 35.5 Å². The van der Waals surface area contributed by atoms with E-state index in [4.69, 9.17) is 9.84 Å². The molecule has 0 saturated heterocycles. The van der Waals surface area contributed by atoms with Gasteiger partial charge >= 0.3 is 12.1 Å². The van der Waals surface area contributed by atoms with Gasteiger partial charge in [-0.1, -0.05) is 0 Å². The summed E-state index contributed by atoms with van der Waals surface area (Å²) in [5, 5.41) is 16.7. The molecule has 0 aliphatic carbocycles. The van der Waals surface area contributed by atoms with Gasteiger partial charge in [-0.3, -0.25) is 14.6 Å². The first-order valence-corrected chi connectivity index (χ1v) is 7.82. The quantitative estimate of drug-likeness (QED) is 0.636. The van der Waals surface area contributed by atoms with Crippen molar-refractivity contribution < 1.29 is 27.8 Å². The predicted molar refractivity (Wildman–Crippen MR) is 88.1 cm³/mol. The molecule has 0 radical (unpaired) electrons. The highest BCUT2D eigenvalue weighted by atomic mass is 19.4. The molecule has 3 N–H and O–H groups in total. The van der Waals surface area contributed by atoms with E-state index >= 15 is 0 Å². The molecular weight excluding hydrogens is 369 g/mol. The lowest BCUT2D eigenvalue weighted by Crippen LogP contribution is -2.27. The van der Waals surface area contributed by atoms with E-state index in [1.807, 2.05) is 0 Å². The second-order valence-electron chi connectivity index (χ2n) is 5.74. The minimum absolute atomic E-state index is 0.127. The molecule has 0 saturated carbocycles. The molecule has 0 fully saturated rings. The van der Waals surface area contributed by atoms with Crippen LogP contribution in [0.5, 0.6) is 0 Å². The van der Waals surface area contributed by atoms with Crippen LogP contribution in [0.2, 0.25) is 0 Å². The van der Waals surface area contributed by atoms with E-state index in [1.54, 1.807) is 17.2 Å². The Balaban J connectivity index is 2.27. The van der Waals surface area contributed by atoms with Gasteiger partial charge in [0, 0.05) is 12.4 Å². The van der Waals surface area contributed by atoms with Crippen LogP contribution < -0.4 is 10.9 Å². The molecule has 2 unspecified atom stereocenters. The average Bonchev–Trinajstić information content (AvgIpc) is 2.60. The Kier molecular flexibility index (Phi) is 6.50. The number of halogens is 3. The maximum atomic E-state index is 13.2. The van der Waals surface area contributed by atoms with Gasteiger partial charge in [0.05, 0.1) is 37.1 Å². The van der Waals surface area contributed by atoms with Crippen molar-refractivity contribution in [1.29, 1.82) is 0 Å². The van der Waals surface area contributed by atoms with E-state index in [1.165, 1.54) is 19.3 Å². The zero-order valence-corrected chi connectivity index (χ0v) is 14.2. The zero-order valence-electron chi connectivity index (χ0n) is 14.2. The number of nitrogens with zero attached hydrogens (tertiary/aromatic N) is 2. The molecule has 27 heavy (non-hydrogen) atoms. The van der Waals surface area contributed by atoms with Gasteiger partial charge < -0.3 is 15.2 Å². The van der Waals surface area contributed by atoms with E-state index in [0.717, 1.165) is 6.20 Å². The number of carboxylic acids is 1. The summed E-state index contributed by atoms with van der Waals surface area (Å²) in [6, 6.07) is 2.34. The Bertz CT molecular complexity index is 826. The topological polar surface area (TPSA) is 117 Å². The van der Waals surface area contributed by atoms with E-state index in [2.05, 4.69) is 15.4 Å². The maximum absolute atomic E-state index is 13.2. The minimum Gasteiger partial charge on any atom is -0.481 e. The highest BCUT2D eigenvalue weighted by molar-refractivity contribution is 5.69. The Labute approximate surface area is 151 Å². The number of carbonyl (C=O) groups is 1. The number of aromatic nitrogens is 3. The number of aliphatic carboxylic acids is 1. The number of carboxylic acid groups (broad SMARTS) is 1. The molecule has 2 aromatic heterocycles. The van der Waals surface area contributed by atoms with Crippen molar-refractivity contribution in [2.75, 3.05) is 18.5 Å². The molecule has 2 aromatic rings. The number of pyridine rings is 1. The molecule has 0 bridgehead atoms. The van der Waals surface area contributed by atoms with Gasteiger partial charge in [-0.2, -0.15) is 18.3 Å². The third kappa shape index (κ3) is 5.51. The maximum Gasteiger partial charge on any atom is 0.423 e. The van der Waals surface area contributed by atoms with E-state index in [9.17, 15) is 22.8 Å². The molecular formula is C16H17F3N4O4. The van der Waals surface area contributed by atoms with Crippen molar-refractivity contribution in [3.63, 3.8) is 0 Å². The minimum atomic E-state index is -4.89. The summed E-state index contributed by atoms with van der Waals surface area (Å²) >= 11 is 0. The standard InChI is InChI=1S/C16H17F3N4O4/c1-9(15(25)26)7-27-8-12(10-2-4-20-5-3-10)22-11-6-21-23-14(24)13(11)16(17,18)19/h2-6,9,12H,7-8H2,1H3,(H,25,26)(H2,22,23,24). The number of hydrogen-bond donors (Lipinski definition) is 3. The summed E-state index contributed by atoms with van der Waals surface area (Å²) in [6.07, 6.45) is -1.13. The Hall–Kier alpha value is -2.95. The number of rotatable bonds is 8. The SMILES string of the molecule is CC(COCC(Nc1cn[nH]c(=O)c1C(F)(F)F)c1ccncc1)C(=O)O. The van der Waals surface area contributed by atoms with Crippen LogP contribution in [-0.2, 0) is 15.7 Å². The highest BCUT2D eigenvalue weighted by Gasteiger charge is 2.37. The van der Waals surface area contributed by atoms with Crippen LogP contribution in [0.3, 0.4) is 0 Å². The summed E-state index contributed by atoms with van der Waals surface area (Å²) in [5.74, 6) is -1.84. The Morgan fingerprint density at radius 1 is 1.33 bits per heavy atom. The first kappa shape index (κ1) is 20.4. The van der Waals surface area contributed by atoms with Crippen molar-refractivity contribution in [1.82, 2.24) is 15.2 Å². The monoisotopic (exact) mass is 386 g/mol. The Morgan fingerprint density at radius 3 is 2.59 bits per heavy atom. The number of ether oxygens (including phenoxy) is 1. The van der Waals surface area contributed by atoms with Crippen molar-refractivity contribution >= 4 is 11.7 Å². The van der Waals surface area contributed by atoms with Crippen LogP contribution in [-0.4, -0.2) is 39.5 Å². The predicted octanol–water partition coefficient (Wildman–Crippen LogP) is 2.07. The number of nitrogens with one attached hydrogen (secondary N) is 2. The van der Waals surface area contributed by atoms with Crippen LogP contribution in [0, 0.1) is 5.92 Å². The third-order valence-electron chi connectivity index (χ3n) is 3.65. The fraction of sp³-hybridized carbons (Fsp3) is 0.375. The molecule has 2 rings (SSSR count). The van der Waals surface area contributed by atoms with E-state index in [0.29, 0.717) is 5.56 Å². The van der Waals surface area contributed by atoms with Gasteiger partial charge in [0.15, 0.2) is 0 Å². The van der Waals surface area contributed by atoms with Gasteiger partial charge in [-0.05, 0) is 24.6 Å². The van der Waals surface area contributed by atoms with Crippen molar-refractivity contribution in [3.8, 4) is 0 Å². The first-order chi connectivity index (χ1) is 12.7. The summed E-state index contributed by atoms with van der Waals surface area (Å²) in [4.78, 5) is 26.3. The second-order valence-corrected chi connectivity index (χ2v) is 5.74. The van der Waals surface area contributed by atoms with Crippen molar-refractivity contribution in [2.45, 2.75) is 19.1 Å². The van der Waals surface area contributed by atoms with Gasteiger partial charge in [0.2, 0.25) is 0 Å². The highest BCUT2D eigenvalue weighted by Crippen LogP contribution is 2.33. The number of anilines is 1. The van der Waals surface area contributed by atoms with Gasteiger partial charge in [-0.25, -0.2) is 5.10 Å². The molecule has 8 nitrogen and oxygen atoms in total. The fourth-order valence-electron chi connectivity index (χ4n) is 2.23.